The maximum Gasteiger partial charge on any atom is 0.263 e. The quantitative estimate of drug-likeness (QED) is 0.616. The predicted octanol–water partition coefficient (Wildman–Crippen LogP) is 3.16. The Morgan fingerprint density at radius 2 is 1.79 bits per heavy atom. The molecule has 1 aromatic heterocycles. The van der Waals surface area contributed by atoms with Gasteiger partial charge in [-0.05, 0) is 42.5 Å². The van der Waals surface area contributed by atoms with E-state index in [0.717, 1.165) is 35.6 Å². The van der Waals surface area contributed by atoms with Gasteiger partial charge in [-0.25, -0.2) is 17.8 Å². The van der Waals surface area contributed by atoms with Crippen LogP contribution in [0.1, 0.15) is 0 Å². The van der Waals surface area contributed by atoms with Gasteiger partial charge in [0.2, 0.25) is 0 Å². The Balaban J connectivity index is 1.88. The number of nitrogens with zero attached hydrogens (tertiary/aromatic N) is 1. The van der Waals surface area contributed by atoms with Crippen LogP contribution >= 0.6 is 11.3 Å². The highest BCUT2D eigenvalue weighted by atomic mass is 32.2. The first-order valence-corrected chi connectivity index (χ1v) is 8.98. The summed E-state index contributed by atoms with van der Waals surface area (Å²) in [5.41, 5.74) is 0.587. The molecule has 0 saturated heterocycles. The van der Waals surface area contributed by atoms with Crippen molar-refractivity contribution in [2.45, 2.75) is 4.90 Å². The Morgan fingerprint density at radius 3 is 2.50 bits per heavy atom. The largest absolute Gasteiger partial charge is 0.508 e. The normalized spacial score (nSPS) is 11.4. The van der Waals surface area contributed by atoms with Crippen molar-refractivity contribution < 1.29 is 23.0 Å². The van der Waals surface area contributed by atoms with Gasteiger partial charge in [0.15, 0.2) is 5.13 Å². The minimum atomic E-state index is -3.90. The van der Waals surface area contributed by atoms with E-state index in [9.17, 15) is 23.0 Å². The fourth-order valence-electron chi connectivity index (χ4n) is 1.96. The highest BCUT2D eigenvalue weighted by Crippen LogP contribution is 2.34. The maximum atomic E-state index is 12.9. The molecule has 0 aliphatic rings. The predicted molar refractivity (Wildman–Crippen MR) is 88.1 cm³/mol. The number of nitrogens with one attached hydrogen (secondary N) is 1. The van der Waals surface area contributed by atoms with Gasteiger partial charge in [-0.1, -0.05) is 0 Å². The van der Waals surface area contributed by atoms with Crippen LogP contribution in [-0.2, 0) is 10.0 Å². The zero-order chi connectivity index (χ0) is 17.3. The first-order chi connectivity index (χ1) is 11.3. The number of sulfonamides is 1. The highest BCUT2D eigenvalue weighted by molar-refractivity contribution is 7.93. The Hall–Kier alpha value is -2.65. The number of thiazole rings is 1. The number of phenolic OH excluding ortho intramolecular Hbond substituents is 2. The molecular formula is C15H11FN2O4S2. The van der Waals surface area contributed by atoms with Crippen LogP contribution in [0.2, 0.25) is 0 Å². The molecule has 0 spiro atoms. The van der Waals surface area contributed by atoms with Gasteiger partial charge >= 0.3 is 0 Å². The standard InChI is InChI=1S/C15H11FN2O4S2/c16-9-1-4-11(5-2-9)24(21,22)18-15-17-13(8-23-15)12-7-10(19)3-6-14(12)20/h1-8,19-20H,(H,17,18). The lowest BCUT2D eigenvalue weighted by atomic mass is 10.1. The van der Waals surface area contributed by atoms with Gasteiger partial charge < -0.3 is 10.2 Å². The highest BCUT2D eigenvalue weighted by Gasteiger charge is 2.17. The molecule has 0 unspecified atom stereocenters. The summed E-state index contributed by atoms with van der Waals surface area (Å²) < 4.78 is 39.6. The van der Waals surface area contributed by atoms with E-state index < -0.39 is 15.8 Å². The zero-order valence-electron chi connectivity index (χ0n) is 12.0. The van der Waals surface area contributed by atoms with Crippen LogP contribution in [0.4, 0.5) is 9.52 Å². The SMILES string of the molecule is O=S(=O)(Nc1nc(-c2cc(O)ccc2O)cs1)c1ccc(F)cc1. The van der Waals surface area contributed by atoms with E-state index in [4.69, 9.17) is 0 Å². The average molecular weight is 366 g/mol. The fourth-order valence-corrected chi connectivity index (χ4v) is 3.92. The van der Waals surface area contributed by atoms with Gasteiger partial charge in [-0.15, -0.1) is 11.3 Å². The summed E-state index contributed by atoms with van der Waals surface area (Å²) in [7, 11) is -3.90. The van der Waals surface area contributed by atoms with E-state index in [1.54, 1.807) is 0 Å². The van der Waals surface area contributed by atoms with Gasteiger partial charge in [0.25, 0.3) is 10.0 Å². The summed E-state index contributed by atoms with van der Waals surface area (Å²) in [6.45, 7) is 0. The lowest BCUT2D eigenvalue weighted by Gasteiger charge is -2.05. The molecule has 0 radical (unpaired) electrons. The van der Waals surface area contributed by atoms with Crippen LogP contribution in [0, 0.1) is 5.82 Å². The van der Waals surface area contributed by atoms with E-state index in [2.05, 4.69) is 9.71 Å². The monoisotopic (exact) mass is 366 g/mol. The number of hydrogen-bond donors (Lipinski definition) is 3. The summed E-state index contributed by atoms with van der Waals surface area (Å²) in [5.74, 6) is -0.680. The Kier molecular flexibility index (Phi) is 4.12. The topological polar surface area (TPSA) is 99.5 Å². The maximum absolute atomic E-state index is 12.9. The average Bonchev–Trinajstić information content (AvgIpc) is 2.97. The molecular weight excluding hydrogens is 355 g/mol. The Morgan fingerprint density at radius 1 is 1.08 bits per heavy atom. The van der Waals surface area contributed by atoms with Crippen molar-refractivity contribution in [2.24, 2.45) is 0 Å². The molecule has 1 heterocycles. The van der Waals surface area contributed by atoms with Crippen LogP contribution < -0.4 is 4.72 Å². The van der Waals surface area contributed by atoms with Gasteiger partial charge in [0.05, 0.1) is 10.6 Å². The zero-order valence-corrected chi connectivity index (χ0v) is 13.6. The molecule has 3 rings (SSSR count). The third kappa shape index (κ3) is 3.31. The molecule has 9 heteroatoms. The molecule has 2 aromatic carbocycles. The van der Waals surface area contributed by atoms with Crippen molar-refractivity contribution in [1.29, 1.82) is 0 Å². The van der Waals surface area contributed by atoms with Crippen LogP contribution in [0.15, 0.2) is 52.7 Å². The Labute approximate surface area is 140 Å². The van der Waals surface area contributed by atoms with Crippen molar-refractivity contribution in [2.75, 3.05) is 4.72 Å². The molecule has 0 bridgehead atoms. The Bertz CT molecular complexity index is 985. The van der Waals surface area contributed by atoms with E-state index in [-0.39, 0.29) is 27.1 Å². The summed E-state index contributed by atoms with van der Waals surface area (Å²) in [6.07, 6.45) is 0. The third-order valence-electron chi connectivity index (χ3n) is 3.11. The molecule has 0 amide bonds. The second kappa shape index (κ2) is 6.10. The van der Waals surface area contributed by atoms with E-state index >= 15 is 0 Å². The minimum Gasteiger partial charge on any atom is -0.508 e. The smallest absolute Gasteiger partial charge is 0.263 e. The van der Waals surface area contributed by atoms with Crippen LogP contribution in [0.3, 0.4) is 0 Å². The van der Waals surface area contributed by atoms with Crippen molar-refractivity contribution in [1.82, 2.24) is 4.98 Å². The number of anilines is 1. The molecule has 24 heavy (non-hydrogen) atoms. The minimum absolute atomic E-state index is 0.0516. The molecule has 3 aromatic rings. The molecule has 3 N–H and O–H groups in total. The number of hydrogen-bond acceptors (Lipinski definition) is 6. The van der Waals surface area contributed by atoms with Gasteiger partial charge in [0.1, 0.15) is 17.3 Å². The molecule has 0 aliphatic heterocycles. The van der Waals surface area contributed by atoms with Crippen molar-refractivity contribution in [3.05, 3.63) is 53.7 Å². The first kappa shape index (κ1) is 16.2. The summed E-state index contributed by atoms with van der Waals surface area (Å²) >= 11 is 1.02. The number of rotatable bonds is 4. The second-order valence-electron chi connectivity index (χ2n) is 4.80. The van der Waals surface area contributed by atoms with Crippen molar-refractivity contribution in [3.8, 4) is 22.8 Å². The number of halogens is 1. The van der Waals surface area contributed by atoms with Crippen LogP contribution in [0.5, 0.6) is 11.5 Å². The lowest BCUT2D eigenvalue weighted by molar-refractivity contribution is 0.462. The summed E-state index contributed by atoms with van der Waals surface area (Å²) in [4.78, 5) is 4.00. The lowest BCUT2D eigenvalue weighted by Crippen LogP contribution is -2.12. The summed E-state index contributed by atoms with van der Waals surface area (Å²) in [6, 6.07) is 8.35. The molecule has 0 saturated carbocycles. The van der Waals surface area contributed by atoms with Crippen molar-refractivity contribution in [3.63, 3.8) is 0 Å². The molecule has 6 nitrogen and oxygen atoms in total. The number of benzene rings is 2. The number of phenols is 2. The number of aromatic hydroxyl groups is 2. The van der Waals surface area contributed by atoms with Gasteiger partial charge in [0, 0.05) is 10.9 Å². The van der Waals surface area contributed by atoms with Crippen LogP contribution in [-0.4, -0.2) is 23.6 Å². The fraction of sp³-hybridized carbons (Fsp3) is 0. The van der Waals surface area contributed by atoms with Gasteiger partial charge in [-0.2, -0.15) is 0 Å². The molecule has 124 valence electrons. The van der Waals surface area contributed by atoms with Gasteiger partial charge in [-0.3, -0.25) is 4.72 Å². The van der Waals surface area contributed by atoms with Crippen molar-refractivity contribution >= 4 is 26.5 Å². The first-order valence-electron chi connectivity index (χ1n) is 6.61. The van der Waals surface area contributed by atoms with E-state index in [1.807, 2.05) is 0 Å². The van der Waals surface area contributed by atoms with E-state index in [0.29, 0.717) is 5.69 Å². The number of aromatic nitrogens is 1. The summed E-state index contributed by atoms with van der Waals surface area (Å²) in [5, 5.41) is 20.9. The molecule has 0 aliphatic carbocycles. The molecule has 0 fully saturated rings. The van der Waals surface area contributed by atoms with E-state index in [1.165, 1.54) is 23.6 Å². The molecule has 0 atom stereocenters. The van der Waals surface area contributed by atoms with Crippen LogP contribution in [0.25, 0.3) is 11.3 Å². The second-order valence-corrected chi connectivity index (χ2v) is 7.34. The third-order valence-corrected chi connectivity index (χ3v) is 5.35.